The zero-order valence-corrected chi connectivity index (χ0v) is 27.7. The van der Waals surface area contributed by atoms with Gasteiger partial charge in [-0.1, -0.05) is 25.5 Å². The predicted octanol–water partition coefficient (Wildman–Crippen LogP) is 0.805. The fraction of sp³-hybridized carbons (Fsp3) is 0.567. The molecule has 8 atom stereocenters. The van der Waals surface area contributed by atoms with Gasteiger partial charge in [-0.3, -0.25) is 9.59 Å². The van der Waals surface area contributed by atoms with Crippen molar-refractivity contribution in [2.45, 2.75) is 82.6 Å². The Hall–Kier alpha value is -1.89. The average molecular weight is 613 g/mol. The van der Waals surface area contributed by atoms with E-state index in [2.05, 4.69) is 4.72 Å². The minimum absolute atomic E-state index is 0. The molecule has 3 fully saturated rings. The van der Waals surface area contributed by atoms with Gasteiger partial charge in [-0.15, -0.1) is 0 Å². The van der Waals surface area contributed by atoms with Crippen LogP contribution in [0.5, 0.6) is 0 Å². The number of nitrogens with two attached hydrogens (primary N) is 1. The molecule has 1 amide bonds. The van der Waals surface area contributed by atoms with Gasteiger partial charge in [0.25, 0.3) is 0 Å². The van der Waals surface area contributed by atoms with Gasteiger partial charge < -0.3 is 25.5 Å². The molecule has 4 N–H and O–H groups in total. The van der Waals surface area contributed by atoms with Crippen LogP contribution in [0.25, 0.3) is 4.72 Å². The molecular weight excluding hydrogens is 574 g/mol. The van der Waals surface area contributed by atoms with E-state index in [9.17, 15) is 33.0 Å². The molecule has 0 heterocycles. The molecule has 0 aliphatic heterocycles. The Balaban J connectivity index is 0.000000275. The summed E-state index contributed by atoms with van der Waals surface area (Å²) in [5.74, 6) is -1.86. The third-order valence-corrected chi connectivity index (χ3v) is 11.5. The molecule has 224 valence electrons. The van der Waals surface area contributed by atoms with Crippen molar-refractivity contribution in [3.63, 3.8) is 0 Å². The minimum atomic E-state index is -3.86. The van der Waals surface area contributed by atoms with Crippen LogP contribution in [0, 0.1) is 28.6 Å². The Morgan fingerprint density at radius 1 is 1.12 bits per heavy atom. The van der Waals surface area contributed by atoms with Crippen LogP contribution in [0.15, 0.2) is 53.0 Å². The number of hydrogen-bond donors (Lipinski definition) is 3. The van der Waals surface area contributed by atoms with Gasteiger partial charge in [-0.25, -0.2) is 12.8 Å². The van der Waals surface area contributed by atoms with Crippen LogP contribution in [0.2, 0.25) is 0 Å². The molecule has 0 spiro atoms. The maximum Gasteiger partial charge on any atom is 1.00 e. The number of fused-ring (bicyclic) bond motifs is 5. The van der Waals surface area contributed by atoms with Gasteiger partial charge >= 0.3 is 29.6 Å². The van der Waals surface area contributed by atoms with Gasteiger partial charge in [0.15, 0.2) is 17.2 Å². The molecule has 0 bridgehead atoms. The monoisotopic (exact) mass is 612 g/mol. The number of anilines is 1. The molecule has 0 radical (unpaired) electrons. The maximum absolute atomic E-state index is 16.9. The summed E-state index contributed by atoms with van der Waals surface area (Å²) in [6.45, 7) is 8.09. The normalized spacial score (nSPS) is 38.4. The van der Waals surface area contributed by atoms with E-state index in [1.165, 1.54) is 43.3 Å². The molecule has 1 aromatic rings. The molecule has 0 aromatic heterocycles. The smallest absolute Gasteiger partial charge is 0.542 e. The van der Waals surface area contributed by atoms with Crippen molar-refractivity contribution in [1.29, 1.82) is 0 Å². The molecule has 3 saturated carbocycles. The van der Waals surface area contributed by atoms with Crippen LogP contribution in [-0.4, -0.2) is 53.5 Å². The molecular formula is C30H38FN2NaO7S. The summed E-state index contributed by atoms with van der Waals surface area (Å²) < 4.78 is 42.5. The first-order valence-corrected chi connectivity index (χ1v) is 15.2. The van der Waals surface area contributed by atoms with Crippen molar-refractivity contribution < 1.29 is 67.0 Å². The molecule has 0 saturated heterocycles. The van der Waals surface area contributed by atoms with Gasteiger partial charge in [-0.2, -0.15) is 0 Å². The number of hydrogen-bond acceptors (Lipinski definition) is 8. The van der Waals surface area contributed by atoms with Gasteiger partial charge in [-0.05, 0) is 94.7 Å². The van der Waals surface area contributed by atoms with Crippen LogP contribution in [0.3, 0.4) is 0 Å². The number of allylic oxidation sites excluding steroid dienone is 4. The van der Waals surface area contributed by atoms with Crippen LogP contribution in [0.1, 0.15) is 60.3 Å². The number of aliphatic hydroxyl groups excluding tert-OH is 1. The summed E-state index contributed by atoms with van der Waals surface area (Å²) in [4.78, 5) is 34.7. The average Bonchev–Trinajstić information content (AvgIpc) is 3.13. The molecule has 5 rings (SSSR count). The van der Waals surface area contributed by atoms with Crippen LogP contribution in [-0.2, 0) is 24.4 Å². The summed E-state index contributed by atoms with van der Waals surface area (Å²) in [6.07, 6.45) is 4.68. The first kappa shape index (κ1) is 34.6. The zero-order chi connectivity index (χ0) is 30.8. The first-order valence-electron chi connectivity index (χ1n) is 13.7. The number of nitrogen functional groups attached to an aromatic ring is 1. The quantitative estimate of drug-likeness (QED) is 0.333. The number of nitrogens with zero attached hydrogens (tertiary/aromatic N) is 1. The second-order valence-corrected chi connectivity index (χ2v) is 14.0. The number of halogens is 1. The largest absolute Gasteiger partial charge is 1.00 e. The Morgan fingerprint density at radius 2 is 1.71 bits per heavy atom. The van der Waals surface area contributed by atoms with E-state index < -0.39 is 50.1 Å². The van der Waals surface area contributed by atoms with Crippen molar-refractivity contribution in [1.82, 2.24) is 0 Å². The van der Waals surface area contributed by atoms with Gasteiger partial charge in [0, 0.05) is 22.4 Å². The van der Waals surface area contributed by atoms with Crippen molar-refractivity contribution in [3.8, 4) is 0 Å². The van der Waals surface area contributed by atoms with Crippen molar-refractivity contribution in [2.75, 3.05) is 5.73 Å². The second-order valence-electron chi connectivity index (χ2n) is 12.4. The van der Waals surface area contributed by atoms with E-state index in [1.807, 2.05) is 13.8 Å². The number of amides is 1. The summed E-state index contributed by atoms with van der Waals surface area (Å²) in [5.41, 5.74) is 1.24. The Labute approximate surface area is 268 Å². The number of aliphatic hydroxyl groups is 2. The van der Waals surface area contributed by atoms with Gasteiger partial charge in [0.2, 0.25) is 0 Å². The van der Waals surface area contributed by atoms with Crippen molar-refractivity contribution in [3.05, 3.63) is 52.8 Å². The van der Waals surface area contributed by atoms with E-state index in [4.69, 9.17) is 5.73 Å². The fourth-order valence-electron chi connectivity index (χ4n) is 8.04. The van der Waals surface area contributed by atoms with E-state index in [-0.39, 0.29) is 64.3 Å². The second kappa shape index (κ2) is 11.6. The number of carbonyl (C=O) groups excluding carboxylic acids is 3. The third kappa shape index (κ3) is 5.24. The first-order chi connectivity index (χ1) is 18.8. The topological polar surface area (TPSA) is 166 Å². The van der Waals surface area contributed by atoms with E-state index in [0.29, 0.717) is 24.9 Å². The van der Waals surface area contributed by atoms with Crippen molar-refractivity contribution in [2.24, 2.45) is 28.6 Å². The Morgan fingerprint density at radius 3 is 2.26 bits per heavy atom. The Bertz CT molecular complexity index is 1450. The van der Waals surface area contributed by atoms with Crippen molar-refractivity contribution >= 4 is 33.2 Å². The van der Waals surface area contributed by atoms with Gasteiger partial charge in [0.1, 0.15) is 15.6 Å². The zero-order valence-electron chi connectivity index (χ0n) is 24.9. The number of carbonyl (C=O) groups is 3. The van der Waals surface area contributed by atoms with E-state index >= 15 is 4.39 Å². The summed E-state index contributed by atoms with van der Waals surface area (Å²) in [5, 5.41) is 22.3. The molecule has 9 nitrogen and oxygen atoms in total. The third-order valence-electron chi connectivity index (χ3n) is 10.1. The number of Topliss-reactive ketones (excluding diaryl/α,β-unsaturated/α-hetero) is 1. The molecule has 42 heavy (non-hydrogen) atoms. The summed E-state index contributed by atoms with van der Waals surface area (Å²) >= 11 is 0. The van der Waals surface area contributed by atoms with Gasteiger partial charge in [0.05, 0.1) is 16.9 Å². The Kier molecular flexibility index (Phi) is 9.52. The number of benzene rings is 1. The molecule has 12 heteroatoms. The van der Waals surface area contributed by atoms with Crippen LogP contribution in [0.4, 0.5) is 10.1 Å². The van der Waals surface area contributed by atoms with Crippen LogP contribution >= 0.6 is 0 Å². The van der Waals surface area contributed by atoms with E-state index in [0.717, 1.165) is 12.5 Å². The fourth-order valence-corrected chi connectivity index (χ4v) is 8.97. The predicted molar refractivity (Wildman–Crippen MR) is 151 cm³/mol. The maximum atomic E-state index is 16.9. The molecule has 4 aliphatic rings. The number of rotatable bonds is 3. The standard InChI is InChI=1S/C22H29FO4.C8H10N2O3S.Na/c1-12-9-17-15-6-8-21(27,13(2)24)20(15,4)11-18(26)22(17,23)19(3)7-5-14(25)10-16(12)19;1-6(11)10-14(12,13)8-4-2-7(9)3-5-8;/h5,7,10,12,15,17-18,26-27H,6,8-9,11H2,1-4H3;2-5H,9H2,1H3,(H,10,11);/q;;+1/p-1/t12-,15-,17-,18-,19-,20-,21-,22-;;/m0../s1. The SMILES string of the molecule is CC(=O)[C@@]1(O)CC[C@H]2[C@@H]3C[C@H](C)C4=CC(=O)C=C[C@]4(C)[C@@]3(F)[C@@H](O)C[C@@]21C.CC(=O)[N-]S(=O)(=O)c1ccc(N)cc1.[Na+]. The van der Waals surface area contributed by atoms with Crippen LogP contribution < -0.4 is 35.3 Å². The summed E-state index contributed by atoms with van der Waals surface area (Å²) in [7, 11) is -3.86. The minimum Gasteiger partial charge on any atom is -0.542 e. The molecule has 4 aliphatic carbocycles. The van der Waals surface area contributed by atoms with E-state index in [1.54, 1.807) is 13.0 Å². The molecule has 1 aromatic carbocycles. The molecule has 0 unspecified atom stereocenters. The number of sulfonamides is 1. The number of ketones is 2. The number of alkyl halides is 1. The summed E-state index contributed by atoms with van der Waals surface area (Å²) in [6, 6.07) is 5.47.